The van der Waals surface area contributed by atoms with Crippen LogP contribution in [0.3, 0.4) is 0 Å². The van der Waals surface area contributed by atoms with Gasteiger partial charge in [-0.25, -0.2) is 0 Å². The van der Waals surface area contributed by atoms with Crippen LogP contribution in [0.25, 0.3) is 10.9 Å². The molecule has 3 rings (SSSR count). The molecule has 0 N–H and O–H groups in total. The van der Waals surface area contributed by atoms with Gasteiger partial charge in [0.2, 0.25) is 0 Å². The fourth-order valence-corrected chi connectivity index (χ4v) is 3.51. The summed E-state index contributed by atoms with van der Waals surface area (Å²) in [5.41, 5.74) is 1.61. The number of aromatic nitrogens is 1. The number of benzene rings is 1. The van der Waals surface area contributed by atoms with Crippen molar-refractivity contribution in [3.63, 3.8) is 0 Å². The van der Waals surface area contributed by atoms with Crippen molar-refractivity contribution in [2.24, 2.45) is 0 Å². The molecule has 1 aromatic carbocycles. The largest absolute Gasteiger partial charge is 0.337 e. The zero-order chi connectivity index (χ0) is 14.8. The predicted molar refractivity (Wildman–Crippen MR) is 85.7 cm³/mol. The van der Waals surface area contributed by atoms with Gasteiger partial charge in [0, 0.05) is 30.2 Å². The van der Waals surface area contributed by atoms with Crippen LogP contribution in [0.1, 0.15) is 36.0 Å². The van der Waals surface area contributed by atoms with Crippen molar-refractivity contribution in [3.8, 4) is 0 Å². The first-order chi connectivity index (χ1) is 10.2. The summed E-state index contributed by atoms with van der Waals surface area (Å²) in [5.74, 6) is 0.0401. The lowest BCUT2D eigenvalue weighted by molar-refractivity contribution is 0.0700. The minimum Gasteiger partial charge on any atom is -0.337 e. The molecule has 2 unspecified atom stereocenters. The third-order valence-electron chi connectivity index (χ3n) is 4.32. The maximum absolute atomic E-state index is 12.7. The second-order valence-electron chi connectivity index (χ2n) is 5.69. The quantitative estimate of drug-likeness (QED) is 0.789. The van der Waals surface area contributed by atoms with Crippen LogP contribution in [-0.2, 0) is 0 Å². The van der Waals surface area contributed by atoms with Crippen molar-refractivity contribution in [2.45, 2.75) is 37.1 Å². The molecule has 3 nitrogen and oxygen atoms in total. The van der Waals surface area contributed by atoms with Gasteiger partial charge in [-0.2, -0.15) is 0 Å². The number of fused-ring (bicyclic) bond motifs is 1. The van der Waals surface area contributed by atoms with Crippen molar-refractivity contribution < 1.29 is 4.79 Å². The SMILES string of the molecule is CN(C(=O)c1ccc2ncccc2c1)C1CCCCC1Cl. The molecule has 1 aromatic heterocycles. The molecule has 2 aromatic rings. The molecule has 1 heterocycles. The Labute approximate surface area is 129 Å². The highest BCUT2D eigenvalue weighted by molar-refractivity contribution is 6.21. The van der Waals surface area contributed by atoms with Crippen LogP contribution in [-0.4, -0.2) is 34.3 Å². The third-order valence-corrected chi connectivity index (χ3v) is 4.82. The van der Waals surface area contributed by atoms with Crippen LogP contribution in [0.15, 0.2) is 36.5 Å². The van der Waals surface area contributed by atoms with Gasteiger partial charge in [0.05, 0.1) is 10.9 Å². The summed E-state index contributed by atoms with van der Waals surface area (Å²) >= 11 is 6.40. The van der Waals surface area contributed by atoms with Crippen LogP contribution in [0.2, 0.25) is 0 Å². The van der Waals surface area contributed by atoms with Crippen LogP contribution < -0.4 is 0 Å². The monoisotopic (exact) mass is 302 g/mol. The van der Waals surface area contributed by atoms with E-state index in [4.69, 9.17) is 11.6 Å². The molecule has 21 heavy (non-hydrogen) atoms. The van der Waals surface area contributed by atoms with E-state index in [0.29, 0.717) is 5.56 Å². The topological polar surface area (TPSA) is 33.2 Å². The first kappa shape index (κ1) is 14.3. The number of carbonyl (C=O) groups excluding carboxylic acids is 1. The molecule has 4 heteroatoms. The zero-order valence-corrected chi connectivity index (χ0v) is 12.9. The van der Waals surface area contributed by atoms with Gasteiger partial charge in [0.1, 0.15) is 0 Å². The number of pyridine rings is 1. The molecule has 1 fully saturated rings. The summed E-state index contributed by atoms with van der Waals surface area (Å²) in [5, 5.41) is 1.05. The number of amides is 1. The number of hydrogen-bond donors (Lipinski definition) is 0. The van der Waals surface area contributed by atoms with Crippen LogP contribution >= 0.6 is 11.6 Å². The van der Waals surface area contributed by atoms with Gasteiger partial charge in [-0.3, -0.25) is 9.78 Å². The van der Waals surface area contributed by atoms with Crippen LogP contribution in [0.5, 0.6) is 0 Å². The van der Waals surface area contributed by atoms with E-state index < -0.39 is 0 Å². The molecule has 0 radical (unpaired) electrons. The van der Waals surface area contributed by atoms with Gasteiger partial charge in [-0.05, 0) is 37.1 Å². The number of alkyl halides is 1. The lowest BCUT2D eigenvalue weighted by Gasteiger charge is -2.35. The Balaban J connectivity index is 1.85. The Hall–Kier alpha value is -1.61. The van der Waals surface area contributed by atoms with E-state index in [1.807, 2.05) is 42.3 Å². The smallest absolute Gasteiger partial charge is 0.253 e. The van der Waals surface area contributed by atoms with E-state index in [-0.39, 0.29) is 17.3 Å². The first-order valence-electron chi connectivity index (χ1n) is 7.43. The van der Waals surface area contributed by atoms with Crippen LogP contribution in [0, 0.1) is 0 Å². The number of nitrogens with zero attached hydrogens (tertiary/aromatic N) is 2. The number of halogens is 1. The number of rotatable bonds is 2. The maximum Gasteiger partial charge on any atom is 0.253 e. The summed E-state index contributed by atoms with van der Waals surface area (Å²) in [6.07, 6.45) is 6.05. The Morgan fingerprint density at radius 1 is 1.29 bits per heavy atom. The summed E-state index contributed by atoms with van der Waals surface area (Å²) in [6, 6.07) is 9.65. The molecule has 1 amide bonds. The summed E-state index contributed by atoms with van der Waals surface area (Å²) < 4.78 is 0. The van der Waals surface area contributed by atoms with Gasteiger partial charge in [0.25, 0.3) is 5.91 Å². The zero-order valence-electron chi connectivity index (χ0n) is 12.1. The minimum atomic E-state index is 0.0401. The summed E-state index contributed by atoms with van der Waals surface area (Å²) in [7, 11) is 1.86. The fourth-order valence-electron chi connectivity index (χ4n) is 3.07. The van der Waals surface area contributed by atoms with Gasteiger partial charge in [-0.1, -0.05) is 18.9 Å². The van der Waals surface area contributed by atoms with Gasteiger partial charge in [0.15, 0.2) is 0 Å². The number of hydrogen-bond acceptors (Lipinski definition) is 2. The molecule has 0 saturated heterocycles. The van der Waals surface area contributed by atoms with E-state index >= 15 is 0 Å². The summed E-state index contributed by atoms with van der Waals surface area (Å²) in [4.78, 5) is 18.8. The van der Waals surface area contributed by atoms with E-state index in [0.717, 1.165) is 36.6 Å². The average Bonchev–Trinajstić information content (AvgIpc) is 2.53. The fraction of sp³-hybridized carbons (Fsp3) is 0.412. The van der Waals surface area contributed by atoms with Crippen molar-refractivity contribution in [1.29, 1.82) is 0 Å². The molecule has 110 valence electrons. The molecule has 1 aliphatic carbocycles. The van der Waals surface area contributed by atoms with E-state index in [9.17, 15) is 4.79 Å². The predicted octanol–water partition coefficient (Wildman–Crippen LogP) is 3.86. The Bertz CT molecular complexity index is 658. The molecule has 0 bridgehead atoms. The molecule has 0 spiro atoms. The Morgan fingerprint density at radius 3 is 2.90 bits per heavy atom. The van der Waals surface area contributed by atoms with E-state index in [1.165, 1.54) is 0 Å². The van der Waals surface area contributed by atoms with Gasteiger partial charge in [-0.15, -0.1) is 11.6 Å². The standard InChI is InChI=1S/C17H19ClN2O/c1-20(16-7-3-2-6-14(16)18)17(21)13-8-9-15-12(11-13)5-4-10-19-15/h4-5,8-11,14,16H,2-3,6-7H2,1H3. The van der Waals surface area contributed by atoms with Gasteiger partial charge < -0.3 is 4.90 Å². The lowest BCUT2D eigenvalue weighted by Crippen LogP contribution is -2.44. The second-order valence-corrected chi connectivity index (χ2v) is 6.26. The van der Waals surface area contributed by atoms with Crippen molar-refractivity contribution in [3.05, 3.63) is 42.1 Å². The van der Waals surface area contributed by atoms with Gasteiger partial charge >= 0.3 is 0 Å². The highest BCUT2D eigenvalue weighted by Crippen LogP contribution is 2.27. The second kappa shape index (κ2) is 6.02. The molecule has 1 aliphatic rings. The number of carbonyl (C=O) groups is 1. The molecule has 0 aliphatic heterocycles. The Kier molecular flexibility index (Phi) is 4.11. The first-order valence-corrected chi connectivity index (χ1v) is 7.86. The summed E-state index contributed by atoms with van der Waals surface area (Å²) in [6.45, 7) is 0. The Morgan fingerprint density at radius 2 is 2.10 bits per heavy atom. The normalized spacial score (nSPS) is 22.2. The molecular weight excluding hydrogens is 284 g/mol. The minimum absolute atomic E-state index is 0.0401. The average molecular weight is 303 g/mol. The molecule has 1 saturated carbocycles. The van der Waals surface area contributed by atoms with E-state index in [1.54, 1.807) is 6.20 Å². The lowest BCUT2D eigenvalue weighted by atomic mass is 9.93. The molecular formula is C17H19ClN2O. The maximum atomic E-state index is 12.7. The third kappa shape index (κ3) is 2.88. The van der Waals surface area contributed by atoms with E-state index in [2.05, 4.69) is 4.98 Å². The van der Waals surface area contributed by atoms with Crippen molar-refractivity contribution in [2.75, 3.05) is 7.05 Å². The van der Waals surface area contributed by atoms with Crippen molar-refractivity contribution >= 4 is 28.4 Å². The highest BCUT2D eigenvalue weighted by Gasteiger charge is 2.29. The van der Waals surface area contributed by atoms with Crippen LogP contribution in [0.4, 0.5) is 0 Å². The molecule has 2 atom stereocenters. The highest BCUT2D eigenvalue weighted by atomic mass is 35.5. The van der Waals surface area contributed by atoms with Crippen molar-refractivity contribution in [1.82, 2.24) is 9.88 Å².